The molecule has 0 bridgehead atoms. The zero-order valence-corrected chi connectivity index (χ0v) is 19.9. The van der Waals surface area contributed by atoms with Crippen molar-refractivity contribution in [1.82, 2.24) is 15.5 Å². The molecule has 9 nitrogen and oxygen atoms in total. The quantitative estimate of drug-likeness (QED) is 0.232. The Morgan fingerprint density at radius 3 is 2.13 bits per heavy atom. The van der Waals surface area contributed by atoms with Crippen LogP contribution in [0.25, 0.3) is 0 Å². The highest BCUT2D eigenvalue weighted by atomic mass is 16.5. The summed E-state index contributed by atoms with van der Waals surface area (Å²) in [7, 11) is 1.62. The number of amides is 2. The van der Waals surface area contributed by atoms with E-state index in [1.54, 1.807) is 14.0 Å². The summed E-state index contributed by atoms with van der Waals surface area (Å²) in [4.78, 5) is 36.8. The maximum atomic E-state index is 11.8. The molecule has 0 heterocycles. The Kier molecular flexibility index (Phi) is 18.8. The second-order valence-corrected chi connectivity index (χ2v) is 7.81. The SMILES string of the molecule is CCOC(=O)CCN(CCOC)CCOC(=O)NCCCCCCNC(=O)CC(C)C. The summed E-state index contributed by atoms with van der Waals surface area (Å²) in [6, 6.07) is 0. The van der Waals surface area contributed by atoms with E-state index in [0.29, 0.717) is 64.7 Å². The first-order valence-electron chi connectivity index (χ1n) is 11.4. The fourth-order valence-corrected chi connectivity index (χ4v) is 2.82. The first-order valence-corrected chi connectivity index (χ1v) is 11.4. The van der Waals surface area contributed by atoms with Crippen LogP contribution < -0.4 is 10.6 Å². The zero-order valence-electron chi connectivity index (χ0n) is 19.9. The molecule has 0 aromatic heterocycles. The summed E-state index contributed by atoms with van der Waals surface area (Å²) in [5, 5.41) is 5.67. The van der Waals surface area contributed by atoms with Gasteiger partial charge >= 0.3 is 12.1 Å². The molecule has 0 atom stereocenters. The van der Waals surface area contributed by atoms with Gasteiger partial charge in [-0.25, -0.2) is 4.79 Å². The number of esters is 1. The fraction of sp³-hybridized carbons (Fsp3) is 0.864. The van der Waals surface area contributed by atoms with E-state index in [4.69, 9.17) is 14.2 Å². The van der Waals surface area contributed by atoms with Crippen molar-refractivity contribution in [2.75, 3.05) is 59.7 Å². The highest BCUT2D eigenvalue weighted by Gasteiger charge is 2.10. The van der Waals surface area contributed by atoms with Gasteiger partial charge in [0.1, 0.15) is 6.61 Å². The summed E-state index contributed by atoms with van der Waals surface area (Å²) in [6.45, 7) is 9.97. The molecular weight excluding hydrogens is 402 g/mol. The molecule has 9 heteroatoms. The number of alkyl carbamates (subject to hydrolysis) is 1. The van der Waals surface area contributed by atoms with Crippen molar-refractivity contribution in [2.24, 2.45) is 5.92 Å². The molecule has 0 saturated carbocycles. The molecule has 31 heavy (non-hydrogen) atoms. The number of ether oxygens (including phenoxy) is 3. The number of unbranched alkanes of at least 4 members (excludes halogenated alkanes) is 3. The molecule has 0 aliphatic heterocycles. The number of rotatable bonds is 19. The van der Waals surface area contributed by atoms with Crippen molar-refractivity contribution in [3.05, 3.63) is 0 Å². The molecule has 0 rings (SSSR count). The lowest BCUT2D eigenvalue weighted by molar-refractivity contribution is -0.143. The first kappa shape index (κ1) is 29.1. The fourth-order valence-electron chi connectivity index (χ4n) is 2.82. The molecule has 182 valence electrons. The Morgan fingerprint density at radius 1 is 0.871 bits per heavy atom. The predicted octanol–water partition coefficient (Wildman–Crippen LogP) is 2.34. The Hall–Kier alpha value is -1.87. The van der Waals surface area contributed by atoms with Crippen LogP contribution in [-0.4, -0.2) is 82.5 Å². The van der Waals surface area contributed by atoms with Crippen LogP contribution in [0.3, 0.4) is 0 Å². The molecule has 0 unspecified atom stereocenters. The van der Waals surface area contributed by atoms with Gasteiger partial charge in [0.15, 0.2) is 0 Å². The summed E-state index contributed by atoms with van der Waals surface area (Å²) in [6.07, 6.45) is 4.24. The third kappa shape index (κ3) is 19.8. The normalized spacial score (nSPS) is 10.9. The van der Waals surface area contributed by atoms with Crippen LogP contribution in [0.15, 0.2) is 0 Å². The van der Waals surface area contributed by atoms with Gasteiger partial charge in [-0.2, -0.15) is 0 Å². The summed E-state index contributed by atoms with van der Waals surface area (Å²) in [5.41, 5.74) is 0. The number of nitrogens with zero attached hydrogens (tertiary/aromatic N) is 1. The number of methoxy groups -OCH3 is 1. The van der Waals surface area contributed by atoms with Gasteiger partial charge in [0.05, 0.1) is 19.6 Å². The van der Waals surface area contributed by atoms with E-state index < -0.39 is 6.09 Å². The van der Waals surface area contributed by atoms with Crippen LogP contribution in [0.5, 0.6) is 0 Å². The maximum absolute atomic E-state index is 11.8. The van der Waals surface area contributed by atoms with Crippen molar-refractivity contribution in [3.8, 4) is 0 Å². The van der Waals surface area contributed by atoms with Crippen LogP contribution >= 0.6 is 0 Å². The summed E-state index contributed by atoms with van der Waals surface area (Å²) in [5.74, 6) is 0.256. The second kappa shape index (κ2) is 20.1. The highest BCUT2D eigenvalue weighted by molar-refractivity contribution is 5.75. The molecular formula is C22H43N3O6. The lowest BCUT2D eigenvalue weighted by Gasteiger charge is -2.21. The van der Waals surface area contributed by atoms with Crippen LogP contribution in [0.2, 0.25) is 0 Å². The number of carbonyl (C=O) groups is 3. The van der Waals surface area contributed by atoms with E-state index in [0.717, 1.165) is 25.7 Å². The smallest absolute Gasteiger partial charge is 0.407 e. The molecule has 0 saturated heterocycles. The van der Waals surface area contributed by atoms with E-state index in [1.165, 1.54) is 0 Å². The number of carbonyl (C=O) groups excluding carboxylic acids is 3. The summed E-state index contributed by atoms with van der Waals surface area (Å²) >= 11 is 0. The minimum absolute atomic E-state index is 0.112. The zero-order chi connectivity index (χ0) is 23.3. The second-order valence-electron chi connectivity index (χ2n) is 7.81. The maximum Gasteiger partial charge on any atom is 0.407 e. The lowest BCUT2D eigenvalue weighted by atomic mass is 10.1. The molecule has 0 aliphatic rings. The van der Waals surface area contributed by atoms with Crippen LogP contribution in [0, 0.1) is 5.92 Å². The largest absolute Gasteiger partial charge is 0.466 e. The Balaban J connectivity index is 3.74. The highest BCUT2D eigenvalue weighted by Crippen LogP contribution is 2.01. The third-order valence-corrected chi connectivity index (χ3v) is 4.48. The van der Waals surface area contributed by atoms with E-state index >= 15 is 0 Å². The standard InChI is InChI=1S/C22H43N3O6/c1-5-30-21(27)10-13-25(14-16-29-4)15-17-31-22(28)24-12-9-7-6-8-11-23-20(26)18-19(2)3/h19H,5-18H2,1-4H3,(H,23,26)(H,24,28). The Bertz CT molecular complexity index is 488. The van der Waals surface area contributed by atoms with E-state index in [2.05, 4.69) is 10.6 Å². The van der Waals surface area contributed by atoms with Gasteiger partial charge in [-0.05, 0) is 25.7 Å². The average molecular weight is 446 g/mol. The van der Waals surface area contributed by atoms with Gasteiger partial charge in [0.2, 0.25) is 5.91 Å². The van der Waals surface area contributed by atoms with Gasteiger partial charge in [-0.3, -0.25) is 14.5 Å². The Morgan fingerprint density at radius 2 is 1.52 bits per heavy atom. The van der Waals surface area contributed by atoms with Crippen molar-refractivity contribution in [1.29, 1.82) is 0 Å². The number of hydrogen-bond donors (Lipinski definition) is 2. The van der Waals surface area contributed by atoms with Crippen molar-refractivity contribution in [3.63, 3.8) is 0 Å². The third-order valence-electron chi connectivity index (χ3n) is 4.48. The van der Waals surface area contributed by atoms with Crippen LogP contribution in [0.4, 0.5) is 4.79 Å². The van der Waals surface area contributed by atoms with E-state index in [1.807, 2.05) is 18.7 Å². The first-order chi connectivity index (χ1) is 14.9. The van der Waals surface area contributed by atoms with Crippen molar-refractivity contribution >= 4 is 18.0 Å². The molecule has 2 N–H and O–H groups in total. The van der Waals surface area contributed by atoms with E-state index in [-0.39, 0.29) is 18.5 Å². The van der Waals surface area contributed by atoms with Crippen molar-refractivity contribution in [2.45, 2.75) is 59.3 Å². The molecule has 0 radical (unpaired) electrons. The van der Waals surface area contributed by atoms with Gasteiger partial charge in [-0.1, -0.05) is 26.7 Å². The predicted molar refractivity (Wildman–Crippen MR) is 120 cm³/mol. The van der Waals surface area contributed by atoms with Gasteiger partial charge in [0.25, 0.3) is 0 Å². The van der Waals surface area contributed by atoms with Crippen LogP contribution in [-0.2, 0) is 23.8 Å². The summed E-state index contributed by atoms with van der Waals surface area (Å²) < 4.78 is 15.2. The number of hydrogen-bond acceptors (Lipinski definition) is 7. The van der Waals surface area contributed by atoms with E-state index in [9.17, 15) is 14.4 Å². The topological polar surface area (TPSA) is 106 Å². The van der Waals surface area contributed by atoms with Gasteiger partial charge < -0.3 is 24.8 Å². The lowest BCUT2D eigenvalue weighted by Crippen LogP contribution is -2.35. The molecule has 2 amide bonds. The van der Waals surface area contributed by atoms with Gasteiger partial charge in [0, 0.05) is 46.3 Å². The van der Waals surface area contributed by atoms with Gasteiger partial charge in [-0.15, -0.1) is 0 Å². The minimum atomic E-state index is -0.432. The number of nitrogens with one attached hydrogen (secondary N) is 2. The average Bonchev–Trinajstić information content (AvgIpc) is 2.71. The molecule has 0 aromatic carbocycles. The van der Waals surface area contributed by atoms with Crippen LogP contribution in [0.1, 0.15) is 59.3 Å². The Labute approximate surface area is 187 Å². The minimum Gasteiger partial charge on any atom is -0.466 e. The molecule has 0 spiro atoms. The molecule has 0 aliphatic carbocycles. The molecule has 0 aromatic rings. The monoisotopic (exact) mass is 445 g/mol. The van der Waals surface area contributed by atoms with Crippen molar-refractivity contribution < 1.29 is 28.6 Å². The molecule has 0 fully saturated rings.